The average molecular weight is 560 g/mol. The molecular weight excluding hydrogens is 528 g/mol. The summed E-state index contributed by atoms with van der Waals surface area (Å²) in [5, 5.41) is 12.1. The van der Waals surface area contributed by atoms with E-state index < -0.39 is 5.60 Å². The third kappa shape index (κ3) is 4.07. The molecule has 4 aromatic rings. The number of fused-ring (bicyclic) bond motifs is 6. The number of ether oxygens (including phenoxy) is 1. The molecule has 5 nitrogen and oxygen atoms in total. The Morgan fingerprint density at radius 2 is 1.51 bits per heavy atom. The summed E-state index contributed by atoms with van der Waals surface area (Å²) in [6.45, 7) is 4.73. The number of benzene rings is 3. The molecule has 3 aromatic carbocycles. The molecule has 1 aliphatic carbocycles. The van der Waals surface area contributed by atoms with E-state index in [0.29, 0.717) is 18.4 Å². The summed E-state index contributed by atoms with van der Waals surface area (Å²) in [5.41, 5.74) is 3.59. The van der Waals surface area contributed by atoms with Crippen molar-refractivity contribution in [2.24, 2.45) is 5.92 Å². The summed E-state index contributed by atoms with van der Waals surface area (Å²) in [4.78, 5) is 4.65. The molecule has 1 aromatic heterocycles. The Bertz CT molecular complexity index is 1350. The van der Waals surface area contributed by atoms with Gasteiger partial charge in [-0.25, -0.2) is 4.98 Å². The third-order valence-electron chi connectivity index (χ3n) is 8.63. The highest BCUT2D eigenvalue weighted by Crippen LogP contribution is 2.50. The smallest absolute Gasteiger partial charge is 0.236 e. The second kappa shape index (κ2) is 9.52. The number of rotatable bonds is 6. The fourth-order valence-electron chi connectivity index (χ4n) is 6.73. The van der Waals surface area contributed by atoms with Gasteiger partial charge in [0, 0.05) is 29.9 Å². The lowest BCUT2D eigenvalue weighted by Gasteiger charge is -2.52. The molecule has 2 bridgehead atoms. The topological polar surface area (TPSA) is 55.5 Å². The van der Waals surface area contributed by atoms with E-state index in [1.807, 2.05) is 48.7 Å². The number of hydrogen-bond donors (Lipinski definition) is 1. The maximum Gasteiger partial charge on any atom is 0.236 e. The Kier molecular flexibility index (Phi) is 6.32. The van der Waals surface area contributed by atoms with Crippen LogP contribution in [0.2, 0.25) is 0 Å². The molecule has 0 spiro atoms. The number of nitrogens with zero attached hydrogens (tertiary/aromatic N) is 2. The van der Waals surface area contributed by atoms with Gasteiger partial charge in [0.2, 0.25) is 5.89 Å². The van der Waals surface area contributed by atoms with E-state index >= 15 is 0 Å². The van der Waals surface area contributed by atoms with Crippen LogP contribution in [0.15, 0.2) is 89.5 Å². The number of piperidine rings is 3. The predicted molar refractivity (Wildman–Crippen MR) is 137 cm³/mol. The molecule has 0 amide bonds. The minimum atomic E-state index is -1.37. The number of halogens is 1. The van der Waals surface area contributed by atoms with E-state index in [1.54, 1.807) is 0 Å². The molecule has 37 heavy (non-hydrogen) atoms. The van der Waals surface area contributed by atoms with E-state index in [-0.39, 0.29) is 23.1 Å². The van der Waals surface area contributed by atoms with Gasteiger partial charge in [-0.3, -0.25) is 0 Å². The summed E-state index contributed by atoms with van der Waals surface area (Å²) < 4.78 is 13.8. The van der Waals surface area contributed by atoms with E-state index in [2.05, 4.69) is 41.4 Å². The quantitative estimate of drug-likeness (QED) is 0.369. The first-order valence-corrected chi connectivity index (χ1v) is 13.0. The van der Waals surface area contributed by atoms with Crippen LogP contribution in [0.4, 0.5) is 0 Å². The van der Waals surface area contributed by atoms with Crippen LogP contribution in [0.5, 0.6) is 0 Å². The molecular formula is C31H31BrN2O3. The first-order valence-electron chi connectivity index (χ1n) is 13.0. The van der Waals surface area contributed by atoms with Crippen molar-refractivity contribution in [2.45, 2.75) is 37.7 Å². The minimum absolute atomic E-state index is 0. The fraction of sp³-hybridized carbons (Fsp3) is 0.323. The first kappa shape index (κ1) is 24.6. The molecule has 6 heteroatoms. The zero-order valence-corrected chi connectivity index (χ0v) is 22.3. The van der Waals surface area contributed by atoms with Crippen LogP contribution in [-0.4, -0.2) is 40.3 Å². The Morgan fingerprint density at radius 3 is 2.19 bits per heavy atom. The Hall–Kier alpha value is -2.77. The van der Waals surface area contributed by atoms with Crippen molar-refractivity contribution >= 4 is 0 Å². The predicted octanol–water partition coefficient (Wildman–Crippen LogP) is 2.27. The first-order chi connectivity index (χ1) is 17.6. The highest BCUT2D eigenvalue weighted by atomic mass is 79.9. The molecule has 3 fully saturated rings. The summed E-state index contributed by atoms with van der Waals surface area (Å²) in [6.07, 6.45) is 4.47. The van der Waals surface area contributed by atoms with Crippen LogP contribution in [0, 0.1) is 5.92 Å². The molecule has 4 heterocycles. The van der Waals surface area contributed by atoms with Gasteiger partial charge in [0.1, 0.15) is 19.2 Å². The van der Waals surface area contributed by atoms with Crippen molar-refractivity contribution < 1.29 is 35.7 Å². The second-order valence-corrected chi connectivity index (χ2v) is 10.7. The monoisotopic (exact) mass is 558 g/mol. The summed E-state index contributed by atoms with van der Waals surface area (Å²) >= 11 is 0. The maximum atomic E-state index is 12.1. The normalized spacial score (nSPS) is 24.8. The van der Waals surface area contributed by atoms with Crippen molar-refractivity contribution in [2.75, 3.05) is 19.6 Å². The van der Waals surface area contributed by atoms with Crippen LogP contribution in [0.25, 0.3) is 11.1 Å². The molecule has 0 saturated carbocycles. The van der Waals surface area contributed by atoms with Gasteiger partial charge < -0.3 is 35.7 Å². The third-order valence-corrected chi connectivity index (χ3v) is 8.63. The van der Waals surface area contributed by atoms with Crippen LogP contribution in [0.1, 0.15) is 41.2 Å². The minimum Gasteiger partial charge on any atom is -1.00 e. The molecule has 3 aliphatic heterocycles. The number of aliphatic hydroxyl groups is 1. The van der Waals surface area contributed by atoms with Gasteiger partial charge in [-0.05, 0) is 16.7 Å². The lowest BCUT2D eigenvalue weighted by Crippen LogP contribution is -3.00. The molecule has 4 aliphatic rings. The largest absolute Gasteiger partial charge is 1.00 e. The van der Waals surface area contributed by atoms with Crippen molar-refractivity contribution in [3.05, 3.63) is 113 Å². The van der Waals surface area contributed by atoms with Gasteiger partial charge in [0.15, 0.2) is 11.4 Å². The number of oxazole rings is 1. The van der Waals surface area contributed by atoms with E-state index in [0.717, 1.165) is 58.7 Å². The summed E-state index contributed by atoms with van der Waals surface area (Å²) in [6, 6.07) is 26.5. The average Bonchev–Trinajstić information content (AvgIpc) is 3.50. The zero-order chi connectivity index (χ0) is 24.2. The molecule has 190 valence electrons. The maximum absolute atomic E-state index is 12.1. The molecule has 3 saturated heterocycles. The van der Waals surface area contributed by atoms with E-state index in [1.165, 1.54) is 18.4 Å². The van der Waals surface area contributed by atoms with Crippen LogP contribution >= 0.6 is 0 Å². The fourth-order valence-corrected chi connectivity index (χ4v) is 6.73. The van der Waals surface area contributed by atoms with Gasteiger partial charge in [-0.2, -0.15) is 0 Å². The SMILES string of the molecule is OC1(c2ncc(C[N+]34CCC(CC3)[C@@H](OCc3ccccc3)C4)o2)c2ccccc2-c2ccccc21.[Br-]. The molecule has 0 unspecified atom stereocenters. The zero-order valence-electron chi connectivity index (χ0n) is 20.7. The van der Waals surface area contributed by atoms with Crippen LogP contribution < -0.4 is 17.0 Å². The van der Waals surface area contributed by atoms with Crippen molar-refractivity contribution in [1.29, 1.82) is 0 Å². The van der Waals surface area contributed by atoms with Gasteiger partial charge in [0.25, 0.3) is 0 Å². The molecule has 8 rings (SSSR count). The van der Waals surface area contributed by atoms with Gasteiger partial charge >= 0.3 is 0 Å². The highest BCUT2D eigenvalue weighted by molar-refractivity contribution is 5.81. The van der Waals surface area contributed by atoms with Crippen molar-refractivity contribution in [3.8, 4) is 11.1 Å². The number of aromatic nitrogens is 1. The number of quaternary nitrogens is 1. The van der Waals surface area contributed by atoms with Gasteiger partial charge in [-0.15, -0.1) is 0 Å². The van der Waals surface area contributed by atoms with Gasteiger partial charge in [0.05, 0.1) is 25.9 Å². The van der Waals surface area contributed by atoms with Crippen LogP contribution in [0.3, 0.4) is 0 Å². The summed E-state index contributed by atoms with van der Waals surface area (Å²) in [5.74, 6) is 1.84. The standard InChI is InChI=1S/C31H31N2O3.BrH/c34-31(27-12-6-4-10-25(27)26-11-5-7-13-28(26)31)30-32-18-24(36-30)19-33-16-14-23(15-17-33)29(20-33)35-21-22-8-2-1-3-9-22;/h1-13,18,23,29,34H,14-17,19-21H2;1H/q+1;/p-1/t23?,29-,33?;/m0./s1. The lowest BCUT2D eigenvalue weighted by atomic mass is 9.83. The molecule has 1 N–H and O–H groups in total. The second-order valence-electron chi connectivity index (χ2n) is 10.7. The number of hydrogen-bond acceptors (Lipinski definition) is 4. The Morgan fingerprint density at radius 1 is 0.892 bits per heavy atom. The Balaban J connectivity index is 0.00000252. The Labute approximate surface area is 228 Å². The van der Waals surface area contributed by atoms with E-state index in [9.17, 15) is 5.11 Å². The summed E-state index contributed by atoms with van der Waals surface area (Å²) in [7, 11) is 0. The van der Waals surface area contributed by atoms with E-state index in [4.69, 9.17) is 9.15 Å². The van der Waals surface area contributed by atoms with Gasteiger partial charge in [-0.1, -0.05) is 78.9 Å². The van der Waals surface area contributed by atoms with Crippen LogP contribution in [-0.2, 0) is 23.5 Å². The van der Waals surface area contributed by atoms with Crippen molar-refractivity contribution in [3.63, 3.8) is 0 Å². The lowest BCUT2D eigenvalue weighted by molar-refractivity contribution is -0.959. The van der Waals surface area contributed by atoms with Crippen molar-refractivity contribution in [1.82, 2.24) is 4.98 Å². The highest BCUT2D eigenvalue weighted by Gasteiger charge is 2.49. The molecule has 1 atom stereocenters. The molecule has 0 radical (unpaired) electrons.